The maximum atomic E-state index is 12.8. The Kier molecular flexibility index (Phi) is 17.2. The molecule has 4 atom stereocenters. The van der Waals surface area contributed by atoms with Crippen molar-refractivity contribution in [3.05, 3.63) is 203 Å². The molecule has 0 spiro atoms. The number of ether oxygens (including phenoxy) is 4. The van der Waals surface area contributed by atoms with Crippen molar-refractivity contribution in [3.8, 4) is 11.5 Å². The van der Waals surface area contributed by atoms with E-state index in [1.807, 2.05) is 62.8 Å². The van der Waals surface area contributed by atoms with Gasteiger partial charge in [-0.05, 0) is 96.4 Å². The minimum Gasteiger partial charge on any atom is -0.395 e. The van der Waals surface area contributed by atoms with Crippen LogP contribution in [-0.2, 0) is 48.5 Å². The number of carbonyl (C=O) groups excluding carboxylic acids is 1. The highest BCUT2D eigenvalue weighted by atomic mass is 16.7. The summed E-state index contributed by atoms with van der Waals surface area (Å²) < 4.78 is 23.5. The van der Waals surface area contributed by atoms with Gasteiger partial charge in [-0.3, -0.25) is 9.80 Å². The molecule has 2 heterocycles. The molecule has 0 aliphatic carbocycles. The number of rotatable bonds is 20. The van der Waals surface area contributed by atoms with Gasteiger partial charge in [0.1, 0.15) is 11.5 Å². The second-order valence-corrected chi connectivity index (χ2v) is 17.9. The molecular weight excluding hydrogens is 821 g/mol. The second-order valence-electron chi connectivity index (χ2n) is 17.9. The Balaban J connectivity index is 0.764. The van der Waals surface area contributed by atoms with E-state index in [9.17, 15) is 4.79 Å². The fraction of sp³-hybridized carbons (Fsp3) is 0.351. The predicted molar refractivity (Wildman–Crippen MR) is 262 cm³/mol. The molecule has 6 aromatic rings. The maximum Gasteiger partial charge on any atom is 0.519 e. The first-order chi connectivity index (χ1) is 32.5. The molecule has 0 saturated carbocycles. The SMILES string of the molecule is COC1CN(CCc2ccc(OC(=O)Oc3ccc(CCN4CCC(N(Cc5ccccc5)Cc5ccccc5)C(OC)C4)cc3)cc2)CCC1N(Cc1ccccc1)Cc1ccccc1. The standard InChI is InChI=1S/C57H66N4O5/c1-63-55-43-58(37-33-53(55)60(39-47-15-7-3-8-16-47)40-48-17-9-4-10-18-48)35-31-45-23-27-51(28-24-45)65-57(62)66-52-29-25-46(26-30-52)32-36-59-38-34-54(56(44-59)64-2)61(41-49-19-11-5-12-20-49)42-50-21-13-6-14-22-50/h3-30,53-56H,31-44H2,1-2H3. The van der Waals surface area contributed by atoms with Crippen molar-refractivity contribution >= 4 is 6.16 Å². The number of hydrogen-bond acceptors (Lipinski definition) is 9. The lowest BCUT2D eigenvalue weighted by Gasteiger charge is -2.43. The minimum absolute atomic E-state index is 0.107. The van der Waals surface area contributed by atoms with Gasteiger partial charge in [0, 0.05) is 78.7 Å². The molecule has 9 nitrogen and oxygen atoms in total. The molecule has 0 N–H and O–H groups in total. The summed E-state index contributed by atoms with van der Waals surface area (Å²) in [5.41, 5.74) is 7.64. The molecule has 0 amide bonds. The Hall–Kier alpha value is -5.65. The molecule has 66 heavy (non-hydrogen) atoms. The number of hydrogen-bond donors (Lipinski definition) is 0. The summed E-state index contributed by atoms with van der Waals surface area (Å²) in [6.45, 7) is 9.19. The highest BCUT2D eigenvalue weighted by Gasteiger charge is 2.35. The van der Waals surface area contributed by atoms with Crippen molar-refractivity contribution in [1.29, 1.82) is 0 Å². The lowest BCUT2D eigenvalue weighted by Crippen LogP contribution is -2.54. The smallest absolute Gasteiger partial charge is 0.395 e. The third kappa shape index (κ3) is 13.7. The molecule has 9 heteroatoms. The van der Waals surface area contributed by atoms with Gasteiger partial charge in [0.25, 0.3) is 0 Å². The van der Waals surface area contributed by atoms with Crippen LogP contribution in [0.3, 0.4) is 0 Å². The fourth-order valence-corrected chi connectivity index (χ4v) is 9.73. The molecule has 0 bridgehead atoms. The van der Waals surface area contributed by atoms with Gasteiger partial charge in [-0.15, -0.1) is 0 Å². The first-order valence-electron chi connectivity index (χ1n) is 23.7. The lowest BCUT2D eigenvalue weighted by molar-refractivity contribution is -0.0433. The average molecular weight is 887 g/mol. The van der Waals surface area contributed by atoms with Crippen LogP contribution in [0.1, 0.15) is 46.2 Å². The molecule has 344 valence electrons. The van der Waals surface area contributed by atoms with Gasteiger partial charge >= 0.3 is 6.16 Å². The Bertz CT molecular complexity index is 2070. The van der Waals surface area contributed by atoms with E-state index in [-0.39, 0.29) is 12.2 Å². The van der Waals surface area contributed by atoms with Crippen LogP contribution >= 0.6 is 0 Å². The van der Waals surface area contributed by atoms with E-state index in [1.54, 1.807) is 0 Å². The summed E-state index contributed by atoms with van der Waals surface area (Å²) in [6.07, 6.45) is 3.32. The van der Waals surface area contributed by atoms with Gasteiger partial charge in [-0.2, -0.15) is 0 Å². The van der Waals surface area contributed by atoms with Crippen molar-refractivity contribution in [1.82, 2.24) is 19.6 Å². The maximum absolute atomic E-state index is 12.8. The normalized spacial score (nSPS) is 19.2. The molecule has 4 unspecified atom stereocenters. The van der Waals surface area contributed by atoms with E-state index in [4.69, 9.17) is 18.9 Å². The summed E-state index contributed by atoms with van der Waals surface area (Å²) >= 11 is 0. The van der Waals surface area contributed by atoms with E-state index >= 15 is 0 Å². The first-order valence-corrected chi connectivity index (χ1v) is 23.7. The van der Waals surface area contributed by atoms with E-state index in [1.165, 1.54) is 33.4 Å². The van der Waals surface area contributed by atoms with Crippen LogP contribution in [-0.4, -0.2) is 104 Å². The summed E-state index contributed by atoms with van der Waals surface area (Å²) in [6, 6.07) is 59.1. The Morgan fingerprint density at radius 2 is 0.773 bits per heavy atom. The monoisotopic (exact) mass is 887 g/mol. The first kappa shape index (κ1) is 46.9. The number of benzene rings is 6. The molecule has 2 aliphatic rings. The van der Waals surface area contributed by atoms with Gasteiger partial charge in [-0.25, -0.2) is 4.79 Å². The zero-order valence-electron chi connectivity index (χ0n) is 38.7. The van der Waals surface area contributed by atoms with Crippen LogP contribution < -0.4 is 9.47 Å². The zero-order valence-corrected chi connectivity index (χ0v) is 38.7. The molecule has 6 aromatic carbocycles. The number of piperidine rings is 2. The van der Waals surface area contributed by atoms with Crippen LogP contribution in [0.2, 0.25) is 0 Å². The van der Waals surface area contributed by atoms with Crippen molar-refractivity contribution in [2.45, 2.75) is 76.2 Å². The van der Waals surface area contributed by atoms with Crippen LogP contribution in [0.25, 0.3) is 0 Å². The summed E-state index contributed by atoms with van der Waals surface area (Å²) in [5, 5.41) is 0. The number of methoxy groups -OCH3 is 2. The van der Waals surface area contributed by atoms with E-state index in [2.05, 4.69) is 141 Å². The highest BCUT2D eigenvalue weighted by molar-refractivity contribution is 5.67. The summed E-state index contributed by atoms with van der Waals surface area (Å²) in [5.74, 6) is 0.915. The van der Waals surface area contributed by atoms with Gasteiger partial charge < -0.3 is 28.7 Å². The quantitative estimate of drug-likeness (QED) is 0.0551. The molecule has 0 aromatic heterocycles. The summed E-state index contributed by atoms with van der Waals surface area (Å²) in [7, 11) is 3.70. The molecule has 2 aliphatic heterocycles. The number of carbonyl (C=O) groups is 1. The van der Waals surface area contributed by atoms with Crippen LogP contribution in [0.5, 0.6) is 11.5 Å². The number of likely N-dealkylation sites (tertiary alicyclic amines) is 2. The van der Waals surface area contributed by atoms with Crippen molar-refractivity contribution in [2.75, 3.05) is 53.5 Å². The topological polar surface area (TPSA) is 67.0 Å². The van der Waals surface area contributed by atoms with E-state index in [0.717, 1.165) is 91.1 Å². The lowest BCUT2D eigenvalue weighted by atomic mass is 9.97. The van der Waals surface area contributed by atoms with Gasteiger partial charge in [0.2, 0.25) is 0 Å². The van der Waals surface area contributed by atoms with E-state index < -0.39 is 6.16 Å². The highest BCUT2D eigenvalue weighted by Crippen LogP contribution is 2.27. The Morgan fingerprint density at radius 1 is 0.455 bits per heavy atom. The Morgan fingerprint density at radius 3 is 1.08 bits per heavy atom. The number of nitrogens with zero attached hydrogens (tertiary/aromatic N) is 4. The van der Waals surface area contributed by atoms with Crippen molar-refractivity contribution < 1.29 is 23.7 Å². The van der Waals surface area contributed by atoms with Gasteiger partial charge in [0.15, 0.2) is 0 Å². The van der Waals surface area contributed by atoms with Crippen LogP contribution in [0.4, 0.5) is 4.79 Å². The predicted octanol–water partition coefficient (Wildman–Crippen LogP) is 9.93. The minimum atomic E-state index is -0.750. The summed E-state index contributed by atoms with van der Waals surface area (Å²) in [4.78, 5) is 23.0. The average Bonchev–Trinajstić information content (AvgIpc) is 3.36. The zero-order chi connectivity index (χ0) is 45.3. The van der Waals surface area contributed by atoms with Crippen LogP contribution in [0, 0.1) is 0 Å². The van der Waals surface area contributed by atoms with Crippen molar-refractivity contribution in [2.24, 2.45) is 0 Å². The molecule has 2 saturated heterocycles. The molecule has 0 radical (unpaired) electrons. The third-order valence-electron chi connectivity index (χ3n) is 13.4. The Labute approximate surface area is 392 Å². The van der Waals surface area contributed by atoms with Gasteiger partial charge in [0.05, 0.1) is 12.2 Å². The van der Waals surface area contributed by atoms with E-state index in [0.29, 0.717) is 23.6 Å². The molecule has 8 rings (SSSR count). The van der Waals surface area contributed by atoms with Crippen LogP contribution in [0.15, 0.2) is 170 Å². The van der Waals surface area contributed by atoms with Gasteiger partial charge in [-0.1, -0.05) is 146 Å². The van der Waals surface area contributed by atoms with Crippen molar-refractivity contribution in [3.63, 3.8) is 0 Å². The largest absolute Gasteiger partial charge is 0.519 e. The molecular formula is C57H66N4O5. The second kappa shape index (κ2) is 24.2. The third-order valence-corrected chi connectivity index (χ3v) is 13.4. The molecule has 2 fully saturated rings. The fourth-order valence-electron chi connectivity index (χ4n) is 9.73.